The molecule has 156 valence electrons. The number of hydrogen-bond acceptors (Lipinski definition) is 5. The molecular formula is C25H22N2O3S. The predicted molar refractivity (Wildman–Crippen MR) is 125 cm³/mol. The molecule has 0 spiro atoms. The molecule has 0 aliphatic carbocycles. The molecule has 0 unspecified atom stereocenters. The number of amides is 1. The van der Waals surface area contributed by atoms with Crippen molar-refractivity contribution in [3.8, 4) is 0 Å². The number of benzene rings is 3. The molecular weight excluding hydrogens is 408 g/mol. The summed E-state index contributed by atoms with van der Waals surface area (Å²) in [5.74, 6) is -0.714. The fourth-order valence-corrected chi connectivity index (χ4v) is 4.64. The van der Waals surface area contributed by atoms with Crippen LogP contribution in [0.2, 0.25) is 0 Å². The van der Waals surface area contributed by atoms with E-state index in [0.717, 1.165) is 17.0 Å². The van der Waals surface area contributed by atoms with Crippen LogP contribution in [0.3, 0.4) is 0 Å². The smallest absolute Gasteiger partial charge is 0.337 e. The van der Waals surface area contributed by atoms with Gasteiger partial charge in [-0.05, 0) is 61.0 Å². The quantitative estimate of drug-likeness (QED) is 0.413. The van der Waals surface area contributed by atoms with E-state index in [2.05, 4.69) is 47.5 Å². The molecule has 6 heteroatoms. The van der Waals surface area contributed by atoms with Crippen molar-refractivity contribution in [2.75, 3.05) is 23.9 Å². The molecule has 31 heavy (non-hydrogen) atoms. The first kappa shape index (κ1) is 20.8. The zero-order valence-corrected chi connectivity index (χ0v) is 18.1. The lowest BCUT2D eigenvalue weighted by Crippen LogP contribution is -2.19. The summed E-state index contributed by atoms with van der Waals surface area (Å²) in [4.78, 5) is 28.7. The van der Waals surface area contributed by atoms with E-state index in [-0.39, 0.29) is 5.91 Å². The fraction of sp³-hybridized carbons (Fsp3) is 0.120. The van der Waals surface area contributed by atoms with E-state index in [4.69, 9.17) is 4.74 Å². The minimum atomic E-state index is -0.444. The van der Waals surface area contributed by atoms with E-state index >= 15 is 0 Å². The van der Waals surface area contributed by atoms with Gasteiger partial charge < -0.3 is 15.0 Å². The van der Waals surface area contributed by atoms with E-state index in [1.807, 2.05) is 12.1 Å². The SMILES string of the molecule is CCN1c2ccccc2Sc2cc(/C=C/C(=O)Nc3cccc(C(=O)OC)c3)ccc21. The van der Waals surface area contributed by atoms with E-state index in [1.165, 1.54) is 29.5 Å². The lowest BCUT2D eigenvalue weighted by atomic mass is 10.1. The summed E-state index contributed by atoms with van der Waals surface area (Å²) in [7, 11) is 1.32. The predicted octanol–water partition coefficient (Wildman–Crippen LogP) is 5.75. The number of nitrogens with one attached hydrogen (secondary N) is 1. The molecule has 1 heterocycles. The van der Waals surface area contributed by atoms with Gasteiger partial charge in [-0.2, -0.15) is 0 Å². The Bertz CT molecular complexity index is 1170. The maximum Gasteiger partial charge on any atom is 0.337 e. The number of fused-ring (bicyclic) bond motifs is 2. The Labute approximate surface area is 185 Å². The summed E-state index contributed by atoms with van der Waals surface area (Å²) in [5.41, 5.74) is 4.26. The van der Waals surface area contributed by atoms with Gasteiger partial charge >= 0.3 is 5.97 Å². The molecule has 1 amide bonds. The van der Waals surface area contributed by atoms with Crippen LogP contribution in [-0.2, 0) is 9.53 Å². The molecule has 0 atom stereocenters. The lowest BCUT2D eigenvalue weighted by molar-refractivity contribution is -0.111. The second-order valence-corrected chi connectivity index (χ2v) is 8.02. The molecule has 1 aliphatic heterocycles. The second-order valence-electron chi connectivity index (χ2n) is 6.94. The van der Waals surface area contributed by atoms with Crippen molar-refractivity contribution >= 4 is 46.8 Å². The van der Waals surface area contributed by atoms with Crippen LogP contribution in [0.15, 0.2) is 82.6 Å². The number of nitrogens with zero attached hydrogens (tertiary/aromatic N) is 1. The number of para-hydroxylation sites is 1. The topological polar surface area (TPSA) is 58.6 Å². The fourth-order valence-electron chi connectivity index (χ4n) is 3.49. The monoisotopic (exact) mass is 430 g/mol. The number of ether oxygens (including phenoxy) is 1. The molecule has 0 saturated carbocycles. The largest absolute Gasteiger partial charge is 0.465 e. The standard InChI is InChI=1S/C25H22N2O3S/c1-3-27-20-9-4-5-10-22(20)31-23-15-17(11-13-21(23)27)12-14-24(28)26-19-8-6-7-18(16-19)25(29)30-2/h4-16H,3H2,1-2H3,(H,26,28)/b14-12+. The molecule has 3 aromatic carbocycles. The summed E-state index contributed by atoms with van der Waals surface area (Å²) in [5, 5.41) is 2.78. The van der Waals surface area contributed by atoms with Crippen molar-refractivity contribution in [1.29, 1.82) is 0 Å². The Kier molecular flexibility index (Phi) is 6.09. The van der Waals surface area contributed by atoms with Gasteiger partial charge in [-0.1, -0.05) is 36.0 Å². The van der Waals surface area contributed by atoms with Crippen LogP contribution in [0.4, 0.5) is 17.1 Å². The third-order valence-corrected chi connectivity index (χ3v) is 6.06. The van der Waals surface area contributed by atoms with Gasteiger partial charge in [0.25, 0.3) is 0 Å². The first-order chi connectivity index (χ1) is 15.1. The van der Waals surface area contributed by atoms with Crippen LogP contribution in [0.5, 0.6) is 0 Å². The third-order valence-electron chi connectivity index (χ3n) is 4.95. The highest BCUT2D eigenvalue weighted by Gasteiger charge is 2.21. The molecule has 0 saturated heterocycles. The maximum absolute atomic E-state index is 12.4. The first-order valence-corrected chi connectivity index (χ1v) is 10.8. The van der Waals surface area contributed by atoms with Crippen LogP contribution in [0, 0.1) is 0 Å². The number of hydrogen-bond donors (Lipinski definition) is 1. The molecule has 0 radical (unpaired) electrons. The van der Waals surface area contributed by atoms with Crippen molar-refractivity contribution in [2.45, 2.75) is 16.7 Å². The first-order valence-electron chi connectivity index (χ1n) is 9.95. The minimum Gasteiger partial charge on any atom is -0.465 e. The molecule has 3 aromatic rings. The minimum absolute atomic E-state index is 0.270. The second kappa shape index (κ2) is 9.10. The van der Waals surface area contributed by atoms with Crippen molar-refractivity contribution in [2.24, 2.45) is 0 Å². The lowest BCUT2D eigenvalue weighted by Gasteiger charge is -2.32. The molecule has 0 aromatic heterocycles. The molecule has 4 rings (SSSR count). The van der Waals surface area contributed by atoms with Gasteiger partial charge in [0.15, 0.2) is 0 Å². The Morgan fingerprint density at radius 1 is 1.00 bits per heavy atom. The highest BCUT2D eigenvalue weighted by Crippen LogP contribution is 2.48. The van der Waals surface area contributed by atoms with Gasteiger partial charge in [0.2, 0.25) is 5.91 Å². The third kappa shape index (κ3) is 4.49. The Morgan fingerprint density at radius 3 is 2.61 bits per heavy atom. The molecule has 0 fully saturated rings. The molecule has 0 bridgehead atoms. The molecule has 1 aliphatic rings. The number of methoxy groups -OCH3 is 1. The van der Waals surface area contributed by atoms with Gasteiger partial charge in [0, 0.05) is 28.1 Å². The maximum atomic E-state index is 12.4. The van der Waals surface area contributed by atoms with Gasteiger partial charge in [0.1, 0.15) is 0 Å². The molecule has 5 nitrogen and oxygen atoms in total. The van der Waals surface area contributed by atoms with Crippen LogP contribution in [0.25, 0.3) is 6.08 Å². The van der Waals surface area contributed by atoms with Crippen LogP contribution in [-0.4, -0.2) is 25.5 Å². The Hall–Kier alpha value is -3.51. The van der Waals surface area contributed by atoms with Gasteiger partial charge in [-0.3, -0.25) is 4.79 Å². The Balaban J connectivity index is 1.49. The van der Waals surface area contributed by atoms with Crippen LogP contribution in [0.1, 0.15) is 22.8 Å². The number of carbonyl (C=O) groups excluding carboxylic acids is 2. The number of carbonyl (C=O) groups is 2. The van der Waals surface area contributed by atoms with Crippen molar-refractivity contribution in [3.05, 3.63) is 83.9 Å². The van der Waals surface area contributed by atoms with E-state index in [9.17, 15) is 9.59 Å². The zero-order chi connectivity index (χ0) is 21.8. The highest BCUT2D eigenvalue weighted by molar-refractivity contribution is 7.99. The number of esters is 1. The highest BCUT2D eigenvalue weighted by atomic mass is 32.2. The van der Waals surface area contributed by atoms with Crippen LogP contribution < -0.4 is 10.2 Å². The zero-order valence-electron chi connectivity index (χ0n) is 17.3. The molecule has 1 N–H and O–H groups in total. The van der Waals surface area contributed by atoms with E-state index < -0.39 is 5.97 Å². The van der Waals surface area contributed by atoms with Gasteiger partial charge in [0.05, 0.1) is 24.0 Å². The Morgan fingerprint density at radius 2 is 1.81 bits per heavy atom. The number of anilines is 3. The van der Waals surface area contributed by atoms with Crippen molar-refractivity contribution < 1.29 is 14.3 Å². The summed E-state index contributed by atoms with van der Waals surface area (Å²) in [6.07, 6.45) is 3.28. The summed E-state index contributed by atoms with van der Waals surface area (Å²) in [6.45, 7) is 3.02. The average Bonchev–Trinajstić information content (AvgIpc) is 2.80. The van der Waals surface area contributed by atoms with Crippen LogP contribution >= 0.6 is 11.8 Å². The normalized spacial score (nSPS) is 12.3. The van der Waals surface area contributed by atoms with Crippen molar-refractivity contribution in [3.63, 3.8) is 0 Å². The van der Waals surface area contributed by atoms with Crippen molar-refractivity contribution in [1.82, 2.24) is 0 Å². The van der Waals surface area contributed by atoms with E-state index in [1.54, 1.807) is 42.1 Å². The van der Waals surface area contributed by atoms with E-state index in [0.29, 0.717) is 11.3 Å². The number of rotatable bonds is 5. The van der Waals surface area contributed by atoms with Gasteiger partial charge in [-0.25, -0.2) is 4.79 Å². The summed E-state index contributed by atoms with van der Waals surface area (Å²) in [6, 6.07) is 21.2. The average molecular weight is 431 g/mol. The summed E-state index contributed by atoms with van der Waals surface area (Å²) < 4.78 is 4.71. The van der Waals surface area contributed by atoms with Gasteiger partial charge in [-0.15, -0.1) is 0 Å². The summed E-state index contributed by atoms with van der Waals surface area (Å²) >= 11 is 1.74.